The van der Waals surface area contributed by atoms with Gasteiger partial charge in [-0.05, 0) is 145 Å². The number of hydrogen-bond donors (Lipinski definition) is 0. The molecule has 1 aliphatic carbocycles. The average Bonchev–Trinajstić information content (AvgIpc) is 3.74. The van der Waals surface area contributed by atoms with Crippen LogP contribution in [0.4, 0.5) is 0 Å². The van der Waals surface area contributed by atoms with Crippen LogP contribution >= 0.6 is 0 Å². The van der Waals surface area contributed by atoms with E-state index in [4.69, 9.17) is 0 Å². The van der Waals surface area contributed by atoms with Gasteiger partial charge in [-0.2, -0.15) is 0 Å². The van der Waals surface area contributed by atoms with Crippen LogP contribution in [0.3, 0.4) is 0 Å². The minimum absolute atomic E-state index is 0.951. The van der Waals surface area contributed by atoms with E-state index < -0.39 is 0 Å². The van der Waals surface area contributed by atoms with Gasteiger partial charge in [-0.3, -0.25) is 0 Å². The first-order valence-corrected chi connectivity index (χ1v) is 24.3. The third kappa shape index (κ3) is 9.20. The first-order valence-electron chi connectivity index (χ1n) is 24.3. The van der Waals surface area contributed by atoms with Gasteiger partial charge in [0.05, 0.1) is 5.52 Å². The highest BCUT2D eigenvalue weighted by molar-refractivity contribution is 6.21. The minimum atomic E-state index is 0.951. The lowest BCUT2D eigenvalue weighted by Crippen LogP contribution is -2.05. The zero-order valence-corrected chi connectivity index (χ0v) is 40.8. The molecule has 0 spiro atoms. The fourth-order valence-corrected chi connectivity index (χ4v) is 9.68. The summed E-state index contributed by atoms with van der Waals surface area (Å²) in [6.45, 7) is 24.5. The molecule has 8 aromatic carbocycles. The second-order valence-electron chi connectivity index (χ2n) is 16.1. The van der Waals surface area contributed by atoms with Crippen LogP contribution < -0.4 is 0 Å². The van der Waals surface area contributed by atoms with Gasteiger partial charge < -0.3 is 4.57 Å². The van der Waals surface area contributed by atoms with Gasteiger partial charge >= 0.3 is 0 Å². The first kappa shape index (κ1) is 47.5. The number of fused-ring (bicyclic) bond motifs is 5. The van der Waals surface area contributed by atoms with Gasteiger partial charge in [0.2, 0.25) is 0 Å². The molecule has 1 heteroatoms. The van der Waals surface area contributed by atoms with Crippen molar-refractivity contribution in [3.63, 3.8) is 0 Å². The number of para-hydroxylation sites is 1. The topological polar surface area (TPSA) is 4.93 Å². The maximum Gasteiger partial charge on any atom is 0.0537 e. The van der Waals surface area contributed by atoms with Crippen molar-refractivity contribution in [1.29, 1.82) is 0 Å². The van der Waals surface area contributed by atoms with Crippen LogP contribution in [0.5, 0.6) is 0 Å². The van der Waals surface area contributed by atoms with E-state index in [0.29, 0.717) is 0 Å². The number of nitrogens with zero attached hydrogens (tertiary/aromatic N) is 1. The summed E-state index contributed by atoms with van der Waals surface area (Å²) in [6, 6.07) is 62.4. The Morgan fingerprint density at radius 1 is 0.507 bits per heavy atom. The molecule has 1 aliphatic rings. The zero-order chi connectivity index (χ0) is 47.5. The van der Waals surface area contributed by atoms with Crippen LogP contribution in [0.25, 0.3) is 94.8 Å². The molecule has 0 bridgehead atoms. The smallest absolute Gasteiger partial charge is 0.0537 e. The fraction of sp³-hybridized carbons (Fsp3) is 0.152. The molecule has 1 heterocycles. The number of hydrogen-bond acceptors (Lipinski definition) is 0. The first-order chi connectivity index (χ1) is 33.0. The Morgan fingerprint density at radius 3 is 1.63 bits per heavy atom. The van der Waals surface area contributed by atoms with Gasteiger partial charge in [-0.1, -0.05) is 225 Å². The molecule has 0 unspecified atom stereocenters. The third-order valence-electron chi connectivity index (χ3n) is 12.7. The molecule has 0 amide bonds. The summed E-state index contributed by atoms with van der Waals surface area (Å²) >= 11 is 0. The van der Waals surface area contributed by atoms with Crippen molar-refractivity contribution >= 4 is 55.7 Å². The molecule has 0 saturated carbocycles. The summed E-state index contributed by atoms with van der Waals surface area (Å²) < 4.78 is 2.50. The molecule has 0 radical (unpaired) electrons. The quantitative estimate of drug-likeness (QED) is 0.101. The molecule has 9 aromatic rings. The van der Waals surface area contributed by atoms with Crippen molar-refractivity contribution in [2.45, 2.75) is 68.2 Å². The largest absolute Gasteiger partial charge is 0.313 e. The summed E-state index contributed by atoms with van der Waals surface area (Å²) in [5, 5.41) is 6.37. The highest BCUT2D eigenvalue weighted by Crippen LogP contribution is 2.45. The van der Waals surface area contributed by atoms with E-state index in [1.165, 1.54) is 111 Å². The molecule has 334 valence electrons. The van der Waals surface area contributed by atoms with E-state index in [2.05, 4.69) is 214 Å². The van der Waals surface area contributed by atoms with Gasteiger partial charge in [-0.25, -0.2) is 0 Å². The van der Waals surface area contributed by atoms with Crippen molar-refractivity contribution < 1.29 is 0 Å². The predicted molar refractivity (Wildman–Crippen MR) is 299 cm³/mol. The summed E-state index contributed by atoms with van der Waals surface area (Å²) in [5.41, 5.74) is 20.0. The van der Waals surface area contributed by atoms with E-state index in [-0.39, 0.29) is 0 Å². The van der Waals surface area contributed by atoms with E-state index in [9.17, 15) is 0 Å². The summed E-state index contributed by atoms with van der Waals surface area (Å²) in [7, 11) is 0. The number of allylic oxidation sites excluding steroid dienone is 6. The summed E-state index contributed by atoms with van der Waals surface area (Å²) in [4.78, 5) is 0. The number of aromatic nitrogens is 1. The van der Waals surface area contributed by atoms with Crippen molar-refractivity contribution in [3.8, 4) is 39.1 Å². The predicted octanol–water partition coefficient (Wildman–Crippen LogP) is 19.7. The monoisotopic (exact) mass is 872 g/mol. The van der Waals surface area contributed by atoms with E-state index in [1.807, 2.05) is 59.8 Å². The number of rotatable bonds is 9. The highest BCUT2D eigenvalue weighted by Gasteiger charge is 2.23. The third-order valence-corrected chi connectivity index (χ3v) is 12.7. The van der Waals surface area contributed by atoms with Gasteiger partial charge in [0.15, 0.2) is 0 Å². The van der Waals surface area contributed by atoms with Crippen molar-refractivity contribution in [2.75, 3.05) is 0 Å². The van der Waals surface area contributed by atoms with Crippen LogP contribution in [0.1, 0.15) is 89.8 Å². The van der Waals surface area contributed by atoms with E-state index in [0.717, 1.165) is 18.4 Å². The maximum atomic E-state index is 4.26. The van der Waals surface area contributed by atoms with E-state index >= 15 is 0 Å². The fourth-order valence-electron chi connectivity index (χ4n) is 9.68. The molecule has 0 N–H and O–H groups in total. The van der Waals surface area contributed by atoms with Crippen LogP contribution in [0.2, 0.25) is 0 Å². The SMILES string of the molecule is C=C/C=C\C(C)=C(/C)c1cccc(-c2cccc(C3=Cc4c(n(-c5ccc(-c6c7ccccc7c(-c7ccccc7)c7ccccc67)cc5)c5ccccc45)CC3)c2)c1C=C.CC.CC.CC. The molecule has 67 heavy (non-hydrogen) atoms. The molecule has 0 saturated heterocycles. The van der Waals surface area contributed by atoms with Crippen molar-refractivity contribution in [1.82, 2.24) is 4.57 Å². The van der Waals surface area contributed by atoms with Crippen molar-refractivity contribution in [3.05, 3.63) is 235 Å². The Bertz CT molecular complexity index is 3220. The molecule has 0 aliphatic heterocycles. The molecule has 0 atom stereocenters. The molecular weight excluding hydrogens is 807 g/mol. The molecule has 0 fully saturated rings. The minimum Gasteiger partial charge on any atom is -0.313 e. The Balaban J connectivity index is 0.00000107. The van der Waals surface area contributed by atoms with Crippen LogP contribution in [-0.2, 0) is 6.42 Å². The maximum absolute atomic E-state index is 4.26. The van der Waals surface area contributed by atoms with Gasteiger partial charge in [0.1, 0.15) is 0 Å². The second-order valence-corrected chi connectivity index (χ2v) is 16.1. The molecule has 1 aromatic heterocycles. The van der Waals surface area contributed by atoms with Crippen LogP contribution in [0, 0.1) is 0 Å². The Labute approximate surface area is 400 Å². The zero-order valence-electron chi connectivity index (χ0n) is 40.8. The van der Waals surface area contributed by atoms with Gasteiger partial charge in [-0.15, -0.1) is 0 Å². The highest BCUT2D eigenvalue weighted by atomic mass is 15.0. The Kier molecular flexibility index (Phi) is 15.7. The van der Waals surface area contributed by atoms with Crippen molar-refractivity contribution in [2.24, 2.45) is 0 Å². The summed E-state index contributed by atoms with van der Waals surface area (Å²) in [6.07, 6.45) is 12.3. The van der Waals surface area contributed by atoms with Crippen LogP contribution in [-0.4, -0.2) is 4.57 Å². The molecule has 10 rings (SSSR count). The lowest BCUT2D eigenvalue weighted by Gasteiger charge is -2.20. The summed E-state index contributed by atoms with van der Waals surface area (Å²) in [5.74, 6) is 0. The Morgan fingerprint density at radius 2 is 1.03 bits per heavy atom. The van der Waals surface area contributed by atoms with Crippen LogP contribution in [0.15, 0.2) is 207 Å². The molecule has 1 nitrogen and oxygen atoms in total. The standard InChI is InChI=1S/C60H47N.3C2H6/c1-5-7-19-40(3)41(4)49-29-18-30-50(48(49)6-2)46-23-17-22-44(38-46)45-34-37-58-56(39-45)51-24-15-16-31-57(51)61(58)47-35-32-43(33-36-47)60-54-27-13-11-25-52(54)59(42-20-9-8-10-21-42)53-26-12-14-28-55(53)60;3*1-2/h5-33,35-36,38-39H,1-2,34,37H2,3-4H3;3*1-2H3/b19-7-,41-40+;;;. The normalized spacial score (nSPS) is 12.1. The van der Waals surface area contributed by atoms with Gasteiger partial charge in [0, 0.05) is 22.3 Å². The number of benzene rings is 8. The second kappa shape index (κ2) is 22.1. The average molecular weight is 872 g/mol. The molecular formula is C66H65N. The van der Waals surface area contributed by atoms with Gasteiger partial charge in [0.25, 0.3) is 0 Å². The lowest BCUT2D eigenvalue weighted by molar-refractivity contribution is 0.898. The lowest BCUT2D eigenvalue weighted by atomic mass is 9.86. The Hall–Kier alpha value is -7.48. The van der Waals surface area contributed by atoms with E-state index in [1.54, 1.807) is 0 Å².